The van der Waals surface area contributed by atoms with E-state index in [0.717, 1.165) is 6.20 Å². The molecular weight excluding hydrogens is 178 g/mol. The fraction of sp³-hybridized carbons (Fsp3) is 0.167. The first-order valence-corrected chi connectivity index (χ1v) is 3.37. The van der Waals surface area contributed by atoms with Crippen molar-refractivity contribution < 1.29 is 9.90 Å². The van der Waals surface area contributed by atoms with Crippen LogP contribution in [0.3, 0.4) is 0 Å². The monoisotopic (exact) mass is 185 g/mol. The minimum absolute atomic E-state index is 0.0157. The minimum Gasteiger partial charge on any atom is -0.480 e. The van der Waals surface area contributed by atoms with Crippen LogP contribution >= 0.6 is 0 Å². The van der Waals surface area contributed by atoms with Crippen molar-refractivity contribution >= 4 is 11.7 Å². The highest BCUT2D eigenvalue weighted by Gasteiger charge is 2.00. The molecule has 0 amide bonds. The molecule has 1 aromatic rings. The maximum atomic E-state index is 10.9. The highest BCUT2D eigenvalue weighted by Crippen LogP contribution is 1.89. The largest absolute Gasteiger partial charge is 0.480 e. The number of H-pyrrole nitrogens is 2. The molecule has 0 aliphatic rings. The summed E-state index contributed by atoms with van der Waals surface area (Å²) in [4.78, 5) is 35.7. The van der Waals surface area contributed by atoms with Crippen molar-refractivity contribution in [2.24, 2.45) is 0 Å². The van der Waals surface area contributed by atoms with Crippen LogP contribution in [0.4, 0.5) is 5.69 Å². The third-order valence-electron chi connectivity index (χ3n) is 1.25. The third-order valence-corrected chi connectivity index (χ3v) is 1.25. The SMILES string of the molecule is O=C(O)CNc1c[nH]c(=O)[nH]c1=O. The number of aromatic nitrogens is 2. The van der Waals surface area contributed by atoms with Gasteiger partial charge >= 0.3 is 11.7 Å². The summed E-state index contributed by atoms with van der Waals surface area (Å²) >= 11 is 0. The summed E-state index contributed by atoms with van der Waals surface area (Å²) in [6, 6.07) is 0. The first-order valence-electron chi connectivity index (χ1n) is 3.37. The van der Waals surface area contributed by atoms with Crippen LogP contribution in [0.2, 0.25) is 0 Å². The van der Waals surface area contributed by atoms with Crippen molar-refractivity contribution in [2.45, 2.75) is 0 Å². The molecule has 7 heteroatoms. The van der Waals surface area contributed by atoms with Gasteiger partial charge in [0.1, 0.15) is 12.2 Å². The Hall–Kier alpha value is -2.05. The lowest BCUT2D eigenvalue weighted by atomic mass is 10.5. The summed E-state index contributed by atoms with van der Waals surface area (Å²) in [6.07, 6.45) is 1.12. The summed E-state index contributed by atoms with van der Waals surface area (Å²) in [7, 11) is 0. The molecule has 0 aliphatic heterocycles. The number of anilines is 1. The number of aromatic amines is 2. The van der Waals surface area contributed by atoms with Gasteiger partial charge in [0.15, 0.2) is 0 Å². The van der Waals surface area contributed by atoms with Gasteiger partial charge in [-0.25, -0.2) is 4.79 Å². The lowest BCUT2D eigenvalue weighted by molar-refractivity contribution is -0.134. The fourth-order valence-corrected chi connectivity index (χ4v) is 0.712. The molecule has 0 fully saturated rings. The molecule has 1 rings (SSSR count). The highest BCUT2D eigenvalue weighted by molar-refractivity contribution is 5.72. The molecule has 13 heavy (non-hydrogen) atoms. The van der Waals surface area contributed by atoms with Crippen molar-refractivity contribution in [3.05, 3.63) is 27.0 Å². The number of hydrogen-bond donors (Lipinski definition) is 4. The Morgan fingerprint density at radius 2 is 2.23 bits per heavy atom. The topological polar surface area (TPSA) is 115 Å². The van der Waals surface area contributed by atoms with Crippen LogP contribution in [0.1, 0.15) is 0 Å². The standard InChI is InChI=1S/C6H7N3O4/c10-4(11)2-7-3-1-8-6(13)9-5(3)12/h1,7H,2H2,(H,10,11)(H2,8,9,12,13). The molecule has 0 aromatic carbocycles. The lowest BCUT2D eigenvalue weighted by Gasteiger charge is -1.99. The zero-order chi connectivity index (χ0) is 9.84. The van der Waals surface area contributed by atoms with E-state index in [2.05, 4.69) is 10.3 Å². The predicted octanol–water partition coefficient (Wildman–Crippen LogP) is -1.44. The second-order valence-corrected chi connectivity index (χ2v) is 2.23. The smallest absolute Gasteiger partial charge is 0.325 e. The Balaban J connectivity index is 2.84. The van der Waals surface area contributed by atoms with Crippen LogP contribution < -0.4 is 16.6 Å². The highest BCUT2D eigenvalue weighted by atomic mass is 16.4. The summed E-state index contributed by atoms with van der Waals surface area (Å²) < 4.78 is 0. The Labute approximate surface area is 71.4 Å². The molecule has 1 heterocycles. The summed E-state index contributed by atoms with van der Waals surface area (Å²) in [5.74, 6) is -1.09. The van der Waals surface area contributed by atoms with Gasteiger partial charge < -0.3 is 15.4 Å². The normalized spacial score (nSPS) is 9.54. The van der Waals surface area contributed by atoms with Crippen molar-refractivity contribution in [3.63, 3.8) is 0 Å². The number of rotatable bonds is 3. The molecular formula is C6H7N3O4. The number of hydrogen-bond acceptors (Lipinski definition) is 4. The minimum atomic E-state index is -1.09. The molecule has 4 N–H and O–H groups in total. The van der Waals surface area contributed by atoms with Gasteiger partial charge in [-0.3, -0.25) is 14.6 Å². The molecule has 0 unspecified atom stereocenters. The average Bonchev–Trinajstić information content (AvgIpc) is 2.02. The van der Waals surface area contributed by atoms with Gasteiger partial charge in [0.2, 0.25) is 0 Å². The number of carboxylic acids is 1. The maximum absolute atomic E-state index is 10.9. The maximum Gasteiger partial charge on any atom is 0.325 e. The van der Waals surface area contributed by atoms with Gasteiger partial charge in [0.05, 0.1) is 0 Å². The van der Waals surface area contributed by atoms with E-state index in [9.17, 15) is 14.4 Å². The first kappa shape index (κ1) is 9.04. The third kappa shape index (κ3) is 2.47. The second-order valence-electron chi connectivity index (χ2n) is 2.23. The van der Waals surface area contributed by atoms with Crippen LogP contribution in [0, 0.1) is 0 Å². The molecule has 0 radical (unpaired) electrons. The number of carboxylic acid groups (broad SMARTS) is 1. The van der Waals surface area contributed by atoms with E-state index in [4.69, 9.17) is 5.11 Å². The molecule has 0 saturated carbocycles. The van der Waals surface area contributed by atoms with E-state index >= 15 is 0 Å². The first-order chi connectivity index (χ1) is 6.09. The van der Waals surface area contributed by atoms with E-state index in [1.165, 1.54) is 0 Å². The van der Waals surface area contributed by atoms with E-state index in [-0.39, 0.29) is 12.2 Å². The van der Waals surface area contributed by atoms with Gasteiger partial charge in [0, 0.05) is 6.20 Å². The van der Waals surface area contributed by atoms with Crippen molar-refractivity contribution in [1.82, 2.24) is 9.97 Å². The van der Waals surface area contributed by atoms with Crippen LogP contribution in [0.5, 0.6) is 0 Å². The van der Waals surface area contributed by atoms with Gasteiger partial charge in [-0.1, -0.05) is 0 Å². The molecule has 0 aliphatic carbocycles. The number of carbonyl (C=O) groups is 1. The Morgan fingerprint density at radius 3 is 2.77 bits per heavy atom. The predicted molar refractivity (Wildman–Crippen MR) is 43.8 cm³/mol. The van der Waals surface area contributed by atoms with Crippen LogP contribution in [-0.4, -0.2) is 27.6 Å². The van der Waals surface area contributed by atoms with Gasteiger partial charge in [-0.05, 0) is 0 Å². The molecule has 7 nitrogen and oxygen atoms in total. The van der Waals surface area contributed by atoms with Gasteiger partial charge in [-0.2, -0.15) is 0 Å². The van der Waals surface area contributed by atoms with Crippen molar-refractivity contribution in [3.8, 4) is 0 Å². The molecule has 0 atom stereocenters. The zero-order valence-electron chi connectivity index (χ0n) is 6.46. The van der Waals surface area contributed by atoms with Gasteiger partial charge in [-0.15, -0.1) is 0 Å². The lowest BCUT2D eigenvalue weighted by Crippen LogP contribution is -2.26. The molecule has 0 spiro atoms. The molecule has 1 aromatic heterocycles. The summed E-state index contributed by atoms with van der Waals surface area (Å²) in [5.41, 5.74) is -1.27. The van der Waals surface area contributed by atoms with E-state index in [1.54, 1.807) is 0 Å². The molecule has 0 bridgehead atoms. The van der Waals surface area contributed by atoms with E-state index in [0.29, 0.717) is 0 Å². The Bertz CT molecular complexity index is 418. The number of aliphatic carboxylic acids is 1. The number of nitrogens with one attached hydrogen (secondary N) is 3. The van der Waals surface area contributed by atoms with Crippen molar-refractivity contribution in [2.75, 3.05) is 11.9 Å². The van der Waals surface area contributed by atoms with Gasteiger partial charge in [0.25, 0.3) is 5.56 Å². The Morgan fingerprint density at radius 1 is 1.54 bits per heavy atom. The second kappa shape index (κ2) is 3.57. The molecule has 70 valence electrons. The quantitative estimate of drug-likeness (QED) is 0.460. The summed E-state index contributed by atoms with van der Waals surface area (Å²) in [5, 5.41) is 10.6. The van der Waals surface area contributed by atoms with Crippen LogP contribution in [0.25, 0.3) is 0 Å². The zero-order valence-corrected chi connectivity index (χ0v) is 6.46. The van der Waals surface area contributed by atoms with E-state index < -0.39 is 17.2 Å². The Kier molecular flexibility index (Phi) is 2.48. The molecule has 0 saturated heterocycles. The van der Waals surface area contributed by atoms with Crippen LogP contribution in [-0.2, 0) is 4.79 Å². The summed E-state index contributed by atoms with van der Waals surface area (Å²) in [6.45, 7) is -0.380. The van der Waals surface area contributed by atoms with E-state index in [1.807, 2.05) is 4.98 Å². The average molecular weight is 185 g/mol. The fourth-order valence-electron chi connectivity index (χ4n) is 0.712. The van der Waals surface area contributed by atoms with Crippen LogP contribution in [0.15, 0.2) is 15.8 Å². The van der Waals surface area contributed by atoms with Crippen molar-refractivity contribution in [1.29, 1.82) is 0 Å².